The summed E-state index contributed by atoms with van der Waals surface area (Å²) in [6.45, 7) is 4.13. The van der Waals surface area contributed by atoms with E-state index in [4.69, 9.17) is 10.8 Å². The first-order chi connectivity index (χ1) is 6.63. The van der Waals surface area contributed by atoms with E-state index in [1.165, 1.54) is 0 Å². The van der Waals surface area contributed by atoms with E-state index in [0.29, 0.717) is 17.6 Å². The molecule has 1 heterocycles. The Morgan fingerprint density at radius 1 is 1.43 bits per heavy atom. The summed E-state index contributed by atoms with van der Waals surface area (Å²) in [5, 5.41) is 19.7. The minimum Gasteiger partial charge on any atom is -0.394 e. The van der Waals surface area contributed by atoms with Crippen LogP contribution in [-0.2, 0) is 0 Å². The Bertz CT molecular complexity index is 273. The van der Waals surface area contributed by atoms with Gasteiger partial charge >= 0.3 is 0 Å². The fourth-order valence-electron chi connectivity index (χ4n) is 1.03. The summed E-state index contributed by atoms with van der Waals surface area (Å²) in [7, 11) is 0. The molecule has 0 aliphatic rings. The highest BCUT2D eigenvalue weighted by Crippen LogP contribution is 2.09. The van der Waals surface area contributed by atoms with Gasteiger partial charge in [-0.1, -0.05) is 13.8 Å². The molecule has 0 amide bonds. The molecule has 1 rings (SSSR count). The van der Waals surface area contributed by atoms with Gasteiger partial charge in [-0.2, -0.15) is 0 Å². The van der Waals surface area contributed by atoms with Crippen LogP contribution in [0, 0.1) is 5.92 Å². The highest BCUT2D eigenvalue weighted by atomic mass is 16.3. The molecule has 0 aromatic carbocycles. The quantitative estimate of drug-likeness (QED) is 0.652. The van der Waals surface area contributed by atoms with Crippen LogP contribution in [0.15, 0.2) is 12.1 Å². The molecule has 4 N–H and O–H groups in total. The number of nitrogens with two attached hydrogens (primary N) is 1. The number of rotatable bonds is 4. The number of anilines is 2. The lowest BCUT2D eigenvalue weighted by molar-refractivity contribution is 0.249. The van der Waals surface area contributed by atoms with Crippen molar-refractivity contribution in [3.05, 3.63) is 12.1 Å². The topological polar surface area (TPSA) is 84.1 Å². The monoisotopic (exact) mass is 196 g/mol. The highest BCUT2D eigenvalue weighted by molar-refractivity contribution is 5.39. The summed E-state index contributed by atoms with van der Waals surface area (Å²) in [5.74, 6) is 1.35. The fourth-order valence-corrected chi connectivity index (χ4v) is 1.03. The highest BCUT2D eigenvalue weighted by Gasteiger charge is 2.11. The van der Waals surface area contributed by atoms with Crippen molar-refractivity contribution >= 4 is 11.6 Å². The number of aromatic nitrogens is 2. The van der Waals surface area contributed by atoms with E-state index >= 15 is 0 Å². The molecule has 1 atom stereocenters. The Labute approximate surface area is 83.3 Å². The number of nitrogens with one attached hydrogen (secondary N) is 1. The lowest BCUT2D eigenvalue weighted by atomic mass is 10.1. The maximum Gasteiger partial charge on any atom is 0.149 e. The average molecular weight is 196 g/mol. The summed E-state index contributed by atoms with van der Waals surface area (Å²) in [4.78, 5) is 0. The fraction of sp³-hybridized carbons (Fsp3) is 0.556. The Morgan fingerprint density at radius 2 is 2.14 bits per heavy atom. The van der Waals surface area contributed by atoms with Gasteiger partial charge in [-0.05, 0) is 18.1 Å². The van der Waals surface area contributed by atoms with Crippen molar-refractivity contribution in [3.63, 3.8) is 0 Å². The molecule has 0 aliphatic heterocycles. The van der Waals surface area contributed by atoms with Gasteiger partial charge in [0.15, 0.2) is 0 Å². The van der Waals surface area contributed by atoms with Gasteiger partial charge in [0.05, 0.1) is 12.6 Å². The van der Waals surface area contributed by atoms with Gasteiger partial charge < -0.3 is 16.2 Å². The molecular formula is C9H16N4O. The third-order valence-corrected chi connectivity index (χ3v) is 2.02. The zero-order chi connectivity index (χ0) is 10.6. The van der Waals surface area contributed by atoms with E-state index in [1.807, 2.05) is 13.8 Å². The van der Waals surface area contributed by atoms with Crippen LogP contribution in [0.3, 0.4) is 0 Å². The van der Waals surface area contributed by atoms with Crippen LogP contribution in [0.25, 0.3) is 0 Å². The van der Waals surface area contributed by atoms with Crippen LogP contribution < -0.4 is 11.1 Å². The normalized spacial score (nSPS) is 12.9. The molecule has 0 fully saturated rings. The predicted molar refractivity (Wildman–Crippen MR) is 55.8 cm³/mol. The van der Waals surface area contributed by atoms with Crippen LogP contribution in [0.1, 0.15) is 13.8 Å². The maximum atomic E-state index is 9.08. The lowest BCUT2D eigenvalue weighted by Gasteiger charge is -2.19. The molecule has 78 valence electrons. The Morgan fingerprint density at radius 3 is 2.57 bits per heavy atom. The Balaban J connectivity index is 2.63. The van der Waals surface area contributed by atoms with E-state index in [0.717, 1.165) is 0 Å². The standard InChI is InChI=1S/C9H16N4O/c1-6(2)7(5-14)11-9-4-3-8(10)12-13-9/h3-4,6-7,14H,5H2,1-2H3,(H2,10,12)(H,11,13)/t7-/m1/s1. The van der Waals surface area contributed by atoms with Crippen LogP contribution in [0.2, 0.25) is 0 Å². The van der Waals surface area contributed by atoms with Crippen molar-refractivity contribution in [2.75, 3.05) is 17.7 Å². The van der Waals surface area contributed by atoms with Gasteiger partial charge in [0.2, 0.25) is 0 Å². The van der Waals surface area contributed by atoms with Crippen LogP contribution in [0.5, 0.6) is 0 Å². The van der Waals surface area contributed by atoms with Gasteiger partial charge in [0, 0.05) is 0 Å². The van der Waals surface area contributed by atoms with Gasteiger partial charge in [-0.3, -0.25) is 0 Å². The van der Waals surface area contributed by atoms with Gasteiger partial charge in [-0.25, -0.2) is 0 Å². The van der Waals surface area contributed by atoms with Gasteiger partial charge in [0.1, 0.15) is 11.6 Å². The molecule has 0 spiro atoms. The lowest BCUT2D eigenvalue weighted by Crippen LogP contribution is -2.29. The van der Waals surface area contributed by atoms with Gasteiger partial charge in [0.25, 0.3) is 0 Å². The molecule has 0 aliphatic carbocycles. The average Bonchev–Trinajstić information content (AvgIpc) is 2.16. The van der Waals surface area contributed by atoms with E-state index in [9.17, 15) is 0 Å². The minimum atomic E-state index is -0.00655. The summed E-state index contributed by atoms with van der Waals surface area (Å²) in [5.41, 5.74) is 5.40. The van der Waals surface area contributed by atoms with Crippen molar-refractivity contribution in [3.8, 4) is 0 Å². The second kappa shape index (κ2) is 4.76. The second-order valence-corrected chi connectivity index (χ2v) is 3.52. The molecular weight excluding hydrogens is 180 g/mol. The molecule has 5 heteroatoms. The van der Waals surface area contributed by atoms with Gasteiger partial charge in [-0.15, -0.1) is 10.2 Å². The molecule has 1 aromatic rings. The molecule has 0 saturated heterocycles. The first-order valence-corrected chi connectivity index (χ1v) is 4.60. The Hall–Kier alpha value is -1.36. The summed E-state index contributed by atoms with van der Waals surface area (Å²) < 4.78 is 0. The number of hydrogen-bond donors (Lipinski definition) is 3. The molecule has 0 unspecified atom stereocenters. The number of nitrogen functional groups attached to an aromatic ring is 1. The van der Waals surface area contributed by atoms with E-state index < -0.39 is 0 Å². The van der Waals surface area contributed by atoms with Crippen LogP contribution in [-0.4, -0.2) is 28.0 Å². The number of hydrogen-bond acceptors (Lipinski definition) is 5. The van der Waals surface area contributed by atoms with Crippen molar-refractivity contribution < 1.29 is 5.11 Å². The number of aliphatic hydroxyl groups is 1. The number of aliphatic hydroxyl groups excluding tert-OH is 1. The molecule has 0 bridgehead atoms. The minimum absolute atomic E-state index is 0.00655. The number of nitrogens with zero attached hydrogens (tertiary/aromatic N) is 2. The zero-order valence-corrected chi connectivity index (χ0v) is 8.44. The van der Waals surface area contributed by atoms with Crippen molar-refractivity contribution in [2.24, 2.45) is 5.92 Å². The molecule has 0 saturated carbocycles. The summed E-state index contributed by atoms with van der Waals surface area (Å²) >= 11 is 0. The molecule has 0 radical (unpaired) electrons. The van der Waals surface area contributed by atoms with Crippen LogP contribution in [0.4, 0.5) is 11.6 Å². The van der Waals surface area contributed by atoms with Crippen molar-refractivity contribution in [2.45, 2.75) is 19.9 Å². The van der Waals surface area contributed by atoms with E-state index in [-0.39, 0.29) is 12.6 Å². The molecule has 14 heavy (non-hydrogen) atoms. The van der Waals surface area contributed by atoms with Crippen molar-refractivity contribution in [1.29, 1.82) is 0 Å². The SMILES string of the molecule is CC(C)[C@@H](CO)Nc1ccc(N)nn1. The van der Waals surface area contributed by atoms with E-state index in [2.05, 4.69) is 15.5 Å². The molecule has 1 aromatic heterocycles. The second-order valence-electron chi connectivity index (χ2n) is 3.52. The summed E-state index contributed by atoms with van der Waals surface area (Å²) in [6.07, 6.45) is 0. The van der Waals surface area contributed by atoms with Crippen LogP contribution >= 0.6 is 0 Å². The summed E-state index contributed by atoms with van der Waals surface area (Å²) in [6, 6.07) is 3.41. The largest absolute Gasteiger partial charge is 0.394 e. The van der Waals surface area contributed by atoms with Crippen molar-refractivity contribution in [1.82, 2.24) is 10.2 Å². The zero-order valence-electron chi connectivity index (χ0n) is 8.44. The van der Waals surface area contributed by atoms with E-state index in [1.54, 1.807) is 12.1 Å². The smallest absolute Gasteiger partial charge is 0.149 e. The first kappa shape index (κ1) is 10.7. The molecule has 5 nitrogen and oxygen atoms in total. The third kappa shape index (κ3) is 2.85. The predicted octanol–water partition coefficient (Wildman–Crippen LogP) is 0.488. The first-order valence-electron chi connectivity index (χ1n) is 4.60. The maximum absolute atomic E-state index is 9.08. The third-order valence-electron chi connectivity index (χ3n) is 2.02. The Kier molecular flexibility index (Phi) is 3.64.